The molecule has 0 aliphatic heterocycles. The molecule has 3 unspecified atom stereocenters. The van der Waals surface area contributed by atoms with Crippen LogP contribution in [0.15, 0.2) is 24.3 Å². The van der Waals surface area contributed by atoms with Crippen molar-refractivity contribution in [3.63, 3.8) is 0 Å². The minimum Gasteiger partial charge on any atom is -0.314 e. The average Bonchev–Trinajstić information content (AvgIpc) is 2.33. The molecule has 0 aromatic heterocycles. The van der Waals surface area contributed by atoms with Gasteiger partial charge in [0.1, 0.15) is 0 Å². The molecule has 0 bridgehead atoms. The van der Waals surface area contributed by atoms with Gasteiger partial charge in [-0.25, -0.2) is 0 Å². The van der Waals surface area contributed by atoms with Crippen molar-refractivity contribution in [2.24, 2.45) is 5.92 Å². The first-order chi connectivity index (χ1) is 8.97. The molecule has 106 valence electrons. The van der Waals surface area contributed by atoms with Gasteiger partial charge in [0, 0.05) is 6.04 Å². The highest BCUT2D eigenvalue weighted by atomic mass is 19.4. The molecule has 1 aromatic carbocycles. The van der Waals surface area contributed by atoms with Crippen molar-refractivity contribution in [1.29, 1.82) is 0 Å². The molecule has 0 radical (unpaired) electrons. The Hall–Kier alpha value is -1.03. The minimum atomic E-state index is -4.25. The zero-order valence-electron chi connectivity index (χ0n) is 11.3. The van der Waals surface area contributed by atoms with Gasteiger partial charge in [-0.2, -0.15) is 13.2 Å². The largest absolute Gasteiger partial charge is 0.416 e. The fourth-order valence-electron chi connectivity index (χ4n) is 3.10. The molecule has 2 rings (SSSR count). The Morgan fingerprint density at radius 3 is 2.58 bits per heavy atom. The summed E-state index contributed by atoms with van der Waals surface area (Å²) in [5, 5.41) is 3.41. The number of hydrogen-bond acceptors (Lipinski definition) is 1. The Balaban J connectivity index is 2.15. The average molecular weight is 271 g/mol. The molecule has 0 heterocycles. The molecule has 1 fully saturated rings. The summed E-state index contributed by atoms with van der Waals surface area (Å²) in [5.74, 6) is 0.708. The van der Waals surface area contributed by atoms with E-state index in [1.165, 1.54) is 12.1 Å². The topological polar surface area (TPSA) is 12.0 Å². The van der Waals surface area contributed by atoms with E-state index in [-0.39, 0.29) is 5.92 Å². The molecule has 1 nitrogen and oxygen atoms in total. The Morgan fingerprint density at radius 2 is 2.00 bits per heavy atom. The summed E-state index contributed by atoms with van der Waals surface area (Å²) in [6, 6.07) is 6.26. The molecule has 0 saturated heterocycles. The van der Waals surface area contributed by atoms with E-state index < -0.39 is 11.7 Å². The zero-order chi connectivity index (χ0) is 14.0. The van der Waals surface area contributed by atoms with Crippen LogP contribution in [0.25, 0.3) is 0 Å². The smallest absolute Gasteiger partial charge is 0.314 e. The number of hydrogen-bond donors (Lipinski definition) is 1. The van der Waals surface area contributed by atoms with E-state index in [1.807, 2.05) is 6.07 Å². The van der Waals surface area contributed by atoms with Crippen LogP contribution in [0.2, 0.25) is 0 Å². The minimum absolute atomic E-state index is 0.261. The van der Waals surface area contributed by atoms with E-state index in [4.69, 9.17) is 0 Å². The summed E-state index contributed by atoms with van der Waals surface area (Å²) >= 11 is 0. The maximum Gasteiger partial charge on any atom is 0.416 e. The normalized spacial score (nSPS) is 27.1. The highest BCUT2D eigenvalue weighted by Crippen LogP contribution is 2.45. The van der Waals surface area contributed by atoms with Crippen molar-refractivity contribution in [1.82, 2.24) is 5.32 Å². The monoisotopic (exact) mass is 271 g/mol. The van der Waals surface area contributed by atoms with Gasteiger partial charge >= 0.3 is 6.18 Å². The molecule has 0 spiro atoms. The van der Waals surface area contributed by atoms with Crippen LogP contribution in [0.4, 0.5) is 13.2 Å². The fourth-order valence-corrected chi connectivity index (χ4v) is 3.10. The van der Waals surface area contributed by atoms with E-state index in [9.17, 15) is 13.2 Å². The van der Waals surface area contributed by atoms with Crippen LogP contribution in [0.5, 0.6) is 0 Å². The molecule has 4 heteroatoms. The van der Waals surface area contributed by atoms with Crippen molar-refractivity contribution in [3.05, 3.63) is 35.4 Å². The van der Waals surface area contributed by atoms with E-state index in [1.54, 1.807) is 0 Å². The Bertz CT molecular complexity index is 428. The molecule has 3 atom stereocenters. The third-order valence-electron chi connectivity index (χ3n) is 4.12. The second-order valence-corrected chi connectivity index (χ2v) is 5.20. The third kappa shape index (κ3) is 2.94. The first-order valence-corrected chi connectivity index (χ1v) is 6.87. The van der Waals surface area contributed by atoms with Crippen LogP contribution in [0.3, 0.4) is 0 Å². The van der Waals surface area contributed by atoms with Gasteiger partial charge in [0.15, 0.2) is 0 Å². The van der Waals surface area contributed by atoms with Gasteiger partial charge in [-0.05, 0) is 36.4 Å². The van der Waals surface area contributed by atoms with E-state index in [0.717, 1.165) is 31.0 Å². The third-order valence-corrected chi connectivity index (χ3v) is 4.12. The number of rotatable bonds is 4. The van der Waals surface area contributed by atoms with Gasteiger partial charge in [0.05, 0.1) is 5.56 Å². The fraction of sp³-hybridized carbons (Fsp3) is 0.600. The standard InChI is InChI=1S/C15H20F3N/c1-3-12-13(9-14(12)19-4-2)10-6-5-7-11(8-10)15(16,17)18/h5-8,12-14,19H,3-4,9H2,1-2H3. The summed E-state index contributed by atoms with van der Waals surface area (Å²) in [6.45, 7) is 5.08. The molecule has 1 aliphatic carbocycles. The second kappa shape index (κ2) is 5.53. The lowest BCUT2D eigenvalue weighted by Gasteiger charge is -2.45. The highest BCUT2D eigenvalue weighted by Gasteiger charge is 2.40. The van der Waals surface area contributed by atoms with Crippen LogP contribution in [0, 0.1) is 5.92 Å². The van der Waals surface area contributed by atoms with Gasteiger partial charge in [-0.15, -0.1) is 0 Å². The van der Waals surface area contributed by atoms with Gasteiger partial charge in [0.25, 0.3) is 0 Å². The van der Waals surface area contributed by atoms with Crippen molar-refractivity contribution in [2.75, 3.05) is 6.54 Å². The van der Waals surface area contributed by atoms with E-state index in [2.05, 4.69) is 19.2 Å². The first-order valence-electron chi connectivity index (χ1n) is 6.87. The number of halogens is 3. The van der Waals surface area contributed by atoms with Crippen molar-refractivity contribution in [3.8, 4) is 0 Å². The van der Waals surface area contributed by atoms with E-state index >= 15 is 0 Å². The highest BCUT2D eigenvalue weighted by molar-refractivity contribution is 5.31. The molecule has 1 N–H and O–H groups in total. The second-order valence-electron chi connectivity index (χ2n) is 5.20. The van der Waals surface area contributed by atoms with E-state index in [0.29, 0.717) is 12.0 Å². The molecule has 1 saturated carbocycles. The Labute approximate surface area is 112 Å². The number of benzene rings is 1. The van der Waals surface area contributed by atoms with Crippen LogP contribution in [-0.2, 0) is 6.18 Å². The van der Waals surface area contributed by atoms with Crippen LogP contribution in [0.1, 0.15) is 43.7 Å². The summed E-state index contributed by atoms with van der Waals surface area (Å²) in [6.07, 6.45) is -2.31. The van der Waals surface area contributed by atoms with Crippen molar-refractivity contribution >= 4 is 0 Å². The molecule has 1 aliphatic rings. The molecule has 1 aromatic rings. The summed E-state index contributed by atoms with van der Waals surface area (Å²) in [4.78, 5) is 0. The number of alkyl halides is 3. The predicted octanol–water partition coefficient (Wildman–Crippen LogP) is 4.20. The quantitative estimate of drug-likeness (QED) is 0.865. The summed E-state index contributed by atoms with van der Waals surface area (Å²) < 4.78 is 38.2. The molecule has 0 amide bonds. The molecular weight excluding hydrogens is 251 g/mol. The summed E-state index contributed by atoms with van der Waals surface area (Å²) in [7, 11) is 0. The maximum absolute atomic E-state index is 12.7. The lowest BCUT2D eigenvalue weighted by atomic mass is 9.65. The molecule has 19 heavy (non-hydrogen) atoms. The number of nitrogens with one attached hydrogen (secondary N) is 1. The predicted molar refractivity (Wildman–Crippen MR) is 70.0 cm³/mol. The van der Waals surface area contributed by atoms with Crippen LogP contribution < -0.4 is 5.32 Å². The zero-order valence-corrected chi connectivity index (χ0v) is 11.3. The van der Waals surface area contributed by atoms with Crippen LogP contribution in [-0.4, -0.2) is 12.6 Å². The SMILES string of the molecule is CCNC1CC(c2cccc(C(F)(F)F)c2)C1CC. The van der Waals surface area contributed by atoms with Crippen LogP contribution >= 0.6 is 0 Å². The summed E-state index contributed by atoms with van der Waals surface area (Å²) in [5.41, 5.74) is 0.294. The van der Waals surface area contributed by atoms with Gasteiger partial charge in [-0.3, -0.25) is 0 Å². The molecular formula is C15H20F3N. The lowest BCUT2D eigenvalue weighted by Crippen LogP contribution is -2.48. The Kier molecular flexibility index (Phi) is 4.19. The van der Waals surface area contributed by atoms with Gasteiger partial charge in [0.2, 0.25) is 0 Å². The lowest BCUT2D eigenvalue weighted by molar-refractivity contribution is -0.137. The van der Waals surface area contributed by atoms with Gasteiger partial charge < -0.3 is 5.32 Å². The van der Waals surface area contributed by atoms with Crippen molar-refractivity contribution in [2.45, 2.75) is 44.8 Å². The van der Waals surface area contributed by atoms with Crippen molar-refractivity contribution < 1.29 is 13.2 Å². The van der Waals surface area contributed by atoms with Gasteiger partial charge in [-0.1, -0.05) is 38.5 Å². The Morgan fingerprint density at radius 1 is 1.26 bits per heavy atom. The maximum atomic E-state index is 12.7. The first kappa shape index (κ1) is 14.4.